The van der Waals surface area contributed by atoms with Gasteiger partial charge in [0.05, 0.1) is 0 Å². The van der Waals surface area contributed by atoms with Crippen LogP contribution in [0.5, 0.6) is 0 Å². The number of hydrogen-bond acceptors (Lipinski definition) is 4. The smallest absolute Gasteiger partial charge is 0.339 e. The van der Waals surface area contributed by atoms with E-state index in [0.29, 0.717) is 23.2 Å². The molecule has 0 N–H and O–H groups in total. The first-order chi connectivity index (χ1) is 9.51. The summed E-state index contributed by atoms with van der Waals surface area (Å²) in [6.45, 7) is 5.70. The van der Waals surface area contributed by atoms with Gasteiger partial charge in [-0.15, -0.1) is 0 Å². The van der Waals surface area contributed by atoms with Crippen LogP contribution in [-0.2, 0) is 6.42 Å². The van der Waals surface area contributed by atoms with Gasteiger partial charge in [-0.2, -0.15) is 0 Å². The third-order valence-corrected chi connectivity index (χ3v) is 3.71. The molecule has 0 aliphatic rings. The highest BCUT2D eigenvalue weighted by atomic mass is 16.4. The highest BCUT2D eigenvalue weighted by molar-refractivity contribution is 5.95. The molecule has 0 unspecified atom stereocenters. The second-order valence-corrected chi connectivity index (χ2v) is 4.94. The van der Waals surface area contributed by atoms with Crippen LogP contribution in [0.1, 0.15) is 23.6 Å². The van der Waals surface area contributed by atoms with E-state index >= 15 is 0 Å². The van der Waals surface area contributed by atoms with Crippen molar-refractivity contribution in [3.63, 3.8) is 0 Å². The standard InChI is InChI=1S/C16H14O4/c1-4-10-9(3)12-6-11-8(2)5-15(17)19-13(11)7-14(12)20-16(10)18/h5-7H,4H2,1-3H3. The van der Waals surface area contributed by atoms with Gasteiger partial charge < -0.3 is 8.83 Å². The Balaban J connectivity index is 2.55. The van der Waals surface area contributed by atoms with Crippen molar-refractivity contribution in [3.05, 3.63) is 55.7 Å². The van der Waals surface area contributed by atoms with Crippen molar-refractivity contribution in [1.29, 1.82) is 0 Å². The molecule has 102 valence electrons. The van der Waals surface area contributed by atoms with E-state index in [1.54, 1.807) is 6.07 Å². The molecule has 0 aliphatic heterocycles. The van der Waals surface area contributed by atoms with Crippen LogP contribution in [0, 0.1) is 13.8 Å². The van der Waals surface area contributed by atoms with Gasteiger partial charge in [0.15, 0.2) is 0 Å². The van der Waals surface area contributed by atoms with E-state index in [2.05, 4.69) is 0 Å². The fourth-order valence-electron chi connectivity index (χ4n) is 2.61. The zero-order chi connectivity index (χ0) is 14.4. The number of fused-ring (bicyclic) bond motifs is 2. The summed E-state index contributed by atoms with van der Waals surface area (Å²) in [5.74, 6) is 0. The van der Waals surface area contributed by atoms with E-state index in [1.807, 2.05) is 26.8 Å². The lowest BCUT2D eigenvalue weighted by atomic mass is 10.0. The van der Waals surface area contributed by atoms with Gasteiger partial charge in [0.1, 0.15) is 11.2 Å². The number of hydrogen-bond donors (Lipinski definition) is 0. The predicted molar refractivity (Wildman–Crippen MR) is 77.4 cm³/mol. The highest BCUT2D eigenvalue weighted by Crippen LogP contribution is 2.26. The van der Waals surface area contributed by atoms with Crippen LogP contribution in [0.3, 0.4) is 0 Å². The van der Waals surface area contributed by atoms with Crippen molar-refractivity contribution in [2.75, 3.05) is 0 Å². The van der Waals surface area contributed by atoms with Crippen molar-refractivity contribution >= 4 is 21.9 Å². The molecule has 3 aromatic rings. The van der Waals surface area contributed by atoms with Gasteiger partial charge in [0.2, 0.25) is 0 Å². The Morgan fingerprint density at radius 3 is 2.35 bits per heavy atom. The van der Waals surface area contributed by atoms with Crippen LogP contribution in [0.15, 0.2) is 36.6 Å². The maximum absolute atomic E-state index is 11.9. The second-order valence-electron chi connectivity index (χ2n) is 4.94. The number of benzene rings is 1. The van der Waals surface area contributed by atoms with Gasteiger partial charge >= 0.3 is 11.3 Å². The molecule has 3 rings (SSSR count). The van der Waals surface area contributed by atoms with E-state index in [-0.39, 0.29) is 5.63 Å². The van der Waals surface area contributed by atoms with Gasteiger partial charge in [-0.3, -0.25) is 0 Å². The minimum absolute atomic E-state index is 0.327. The molecule has 0 spiro atoms. The highest BCUT2D eigenvalue weighted by Gasteiger charge is 2.12. The quantitative estimate of drug-likeness (QED) is 0.503. The van der Waals surface area contributed by atoms with Crippen molar-refractivity contribution in [2.45, 2.75) is 27.2 Å². The van der Waals surface area contributed by atoms with Gasteiger partial charge in [-0.05, 0) is 37.5 Å². The molecular weight excluding hydrogens is 256 g/mol. The van der Waals surface area contributed by atoms with E-state index in [0.717, 1.165) is 21.9 Å². The molecule has 20 heavy (non-hydrogen) atoms. The molecule has 0 aliphatic carbocycles. The van der Waals surface area contributed by atoms with E-state index in [4.69, 9.17) is 8.83 Å². The molecule has 0 fully saturated rings. The summed E-state index contributed by atoms with van der Waals surface area (Å²) in [5, 5.41) is 1.74. The molecule has 2 aromatic heterocycles. The summed E-state index contributed by atoms with van der Waals surface area (Å²) in [6, 6.07) is 5.00. The zero-order valence-electron chi connectivity index (χ0n) is 11.6. The van der Waals surface area contributed by atoms with E-state index in [1.165, 1.54) is 6.07 Å². The largest absolute Gasteiger partial charge is 0.423 e. The Hall–Kier alpha value is -2.36. The molecule has 2 heterocycles. The summed E-state index contributed by atoms with van der Waals surface area (Å²) in [5.41, 5.74) is 2.62. The molecule has 0 atom stereocenters. The van der Waals surface area contributed by atoms with Crippen LogP contribution >= 0.6 is 0 Å². The monoisotopic (exact) mass is 270 g/mol. The summed E-state index contributed by atoms with van der Waals surface area (Å²) in [4.78, 5) is 23.3. The molecule has 0 bridgehead atoms. The molecule has 0 amide bonds. The van der Waals surface area contributed by atoms with Crippen molar-refractivity contribution in [2.24, 2.45) is 0 Å². The predicted octanol–water partition coefficient (Wildman–Crippen LogP) is 3.08. The molecule has 0 saturated carbocycles. The minimum atomic E-state index is -0.404. The van der Waals surface area contributed by atoms with Gasteiger partial charge in [-0.1, -0.05) is 6.92 Å². The molecule has 4 nitrogen and oxygen atoms in total. The normalized spacial score (nSPS) is 11.3. The van der Waals surface area contributed by atoms with Crippen LogP contribution in [0.2, 0.25) is 0 Å². The van der Waals surface area contributed by atoms with Crippen LogP contribution in [0.4, 0.5) is 0 Å². The third-order valence-electron chi connectivity index (χ3n) is 3.71. The Morgan fingerprint density at radius 1 is 0.950 bits per heavy atom. The Bertz CT molecular complexity index is 944. The fourth-order valence-corrected chi connectivity index (χ4v) is 2.61. The summed E-state index contributed by atoms with van der Waals surface area (Å²) < 4.78 is 10.5. The zero-order valence-corrected chi connectivity index (χ0v) is 11.6. The maximum Gasteiger partial charge on any atom is 0.339 e. The first-order valence-electron chi connectivity index (χ1n) is 6.52. The average Bonchev–Trinajstić information content (AvgIpc) is 2.37. The van der Waals surface area contributed by atoms with E-state index in [9.17, 15) is 9.59 Å². The lowest BCUT2D eigenvalue weighted by Crippen LogP contribution is -2.09. The Kier molecular flexibility index (Phi) is 2.74. The number of rotatable bonds is 1. The second kappa shape index (κ2) is 4.34. The van der Waals surface area contributed by atoms with Crippen molar-refractivity contribution in [3.8, 4) is 0 Å². The minimum Gasteiger partial charge on any atom is -0.423 e. The number of aryl methyl sites for hydroxylation is 2. The van der Waals surface area contributed by atoms with E-state index < -0.39 is 5.63 Å². The first kappa shape index (κ1) is 12.7. The molecule has 0 saturated heterocycles. The lowest BCUT2D eigenvalue weighted by Gasteiger charge is -2.07. The SMILES string of the molecule is CCc1c(C)c2cc3c(C)cc(=O)oc3cc2oc1=O. The topological polar surface area (TPSA) is 60.4 Å². The fraction of sp³-hybridized carbons (Fsp3) is 0.250. The van der Waals surface area contributed by atoms with Crippen LogP contribution in [0.25, 0.3) is 21.9 Å². The summed E-state index contributed by atoms with van der Waals surface area (Å²) in [6.07, 6.45) is 0.630. The van der Waals surface area contributed by atoms with Gasteiger partial charge in [0.25, 0.3) is 0 Å². The third kappa shape index (κ3) is 1.76. The van der Waals surface area contributed by atoms with Gasteiger partial charge in [0, 0.05) is 28.5 Å². The molecule has 1 aromatic carbocycles. The molecule has 4 heteroatoms. The lowest BCUT2D eigenvalue weighted by molar-refractivity contribution is 0.542. The average molecular weight is 270 g/mol. The molecular formula is C16H14O4. The van der Waals surface area contributed by atoms with Crippen molar-refractivity contribution in [1.82, 2.24) is 0 Å². The summed E-state index contributed by atoms with van der Waals surface area (Å²) in [7, 11) is 0. The van der Waals surface area contributed by atoms with Gasteiger partial charge in [-0.25, -0.2) is 9.59 Å². The van der Waals surface area contributed by atoms with Crippen LogP contribution in [-0.4, -0.2) is 0 Å². The Morgan fingerprint density at radius 2 is 1.65 bits per heavy atom. The summed E-state index contributed by atoms with van der Waals surface area (Å²) >= 11 is 0. The molecule has 0 radical (unpaired) electrons. The van der Waals surface area contributed by atoms with Crippen molar-refractivity contribution < 1.29 is 8.83 Å². The Labute approximate surface area is 114 Å². The maximum atomic E-state index is 11.9. The first-order valence-corrected chi connectivity index (χ1v) is 6.52. The van der Waals surface area contributed by atoms with Crippen LogP contribution < -0.4 is 11.3 Å².